The SMILES string of the molecule is CCN(CC)c1noc(CCCO)n1. The highest BCUT2D eigenvalue weighted by Gasteiger charge is 2.10. The monoisotopic (exact) mass is 199 g/mol. The Morgan fingerprint density at radius 2 is 2.07 bits per heavy atom. The molecule has 0 aliphatic heterocycles. The molecule has 1 N–H and O–H groups in total. The van der Waals surface area contributed by atoms with Crippen molar-refractivity contribution in [3.8, 4) is 0 Å². The van der Waals surface area contributed by atoms with Crippen LogP contribution in [0.1, 0.15) is 26.2 Å². The number of aliphatic hydroxyl groups excluding tert-OH is 1. The maximum absolute atomic E-state index is 8.64. The van der Waals surface area contributed by atoms with Crippen LogP contribution in [0.3, 0.4) is 0 Å². The number of anilines is 1. The van der Waals surface area contributed by atoms with Crippen molar-refractivity contribution in [2.75, 3.05) is 24.6 Å². The van der Waals surface area contributed by atoms with Crippen molar-refractivity contribution in [3.63, 3.8) is 0 Å². The minimum Gasteiger partial charge on any atom is -0.396 e. The molecule has 14 heavy (non-hydrogen) atoms. The molecule has 0 atom stereocenters. The van der Waals surface area contributed by atoms with Crippen LogP contribution in [0.15, 0.2) is 4.52 Å². The molecule has 1 heterocycles. The fraction of sp³-hybridized carbons (Fsp3) is 0.778. The predicted molar refractivity (Wildman–Crippen MR) is 53.3 cm³/mol. The van der Waals surface area contributed by atoms with Crippen molar-refractivity contribution in [2.24, 2.45) is 0 Å². The number of aromatic nitrogens is 2. The topological polar surface area (TPSA) is 62.4 Å². The first-order valence-electron chi connectivity index (χ1n) is 5.00. The Hall–Kier alpha value is -1.10. The van der Waals surface area contributed by atoms with Crippen molar-refractivity contribution in [1.29, 1.82) is 0 Å². The van der Waals surface area contributed by atoms with Gasteiger partial charge in [0, 0.05) is 26.1 Å². The lowest BCUT2D eigenvalue weighted by atomic mass is 10.3. The standard InChI is InChI=1S/C9H17N3O2/c1-3-12(4-2)9-10-8(14-11-9)6-5-7-13/h13H,3-7H2,1-2H3. The molecule has 0 saturated heterocycles. The molecular formula is C9H17N3O2. The maximum Gasteiger partial charge on any atom is 0.266 e. The smallest absolute Gasteiger partial charge is 0.266 e. The quantitative estimate of drug-likeness (QED) is 0.735. The third kappa shape index (κ3) is 2.70. The van der Waals surface area contributed by atoms with Crippen LogP contribution >= 0.6 is 0 Å². The molecule has 0 saturated carbocycles. The zero-order valence-corrected chi connectivity index (χ0v) is 8.73. The van der Waals surface area contributed by atoms with Crippen molar-refractivity contribution >= 4 is 5.95 Å². The zero-order chi connectivity index (χ0) is 10.4. The Morgan fingerprint density at radius 3 is 2.64 bits per heavy atom. The molecular weight excluding hydrogens is 182 g/mol. The molecule has 1 aromatic rings. The fourth-order valence-electron chi connectivity index (χ4n) is 1.21. The molecule has 1 rings (SSSR count). The first-order chi connectivity index (χ1) is 6.81. The van der Waals surface area contributed by atoms with E-state index < -0.39 is 0 Å². The molecule has 1 aromatic heterocycles. The minimum absolute atomic E-state index is 0.156. The lowest BCUT2D eigenvalue weighted by Crippen LogP contribution is -2.22. The van der Waals surface area contributed by atoms with Gasteiger partial charge in [-0.1, -0.05) is 0 Å². The summed E-state index contributed by atoms with van der Waals surface area (Å²) >= 11 is 0. The minimum atomic E-state index is 0.156. The van der Waals surface area contributed by atoms with Gasteiger partial charge in [-0.15, -0.1) is 0 Å². The molecule has 5 nitrogen and oxygen atoms in total. The summed E-state index contributed by atoms with van der Waals surface area (Å²) in [5.41, 5.74) is 0. The van der Waals surface area contributed by atoms with Crippen LogP contribution < -0.4 is 4.90 Å². The van der Waals surface area contributed by atoms with Crippen LogP contribution in [0.4, 0.5) is 5.95 Å². The number of nitrogens with zero attached hydrogens (tertiary/aromatic N) is 3. The van der Waals surface area contributed by atoms with Crippen molar-refractivity contribution in [2.45, 2.75) is 26.7 Å². The summed E-state index contributed by atoms with van der Waals surface area (Å²) < 4.78 is 5.04. The number of aliphatic hydroxyl groups is 1. The van der Waals surface area contributed by atoms with Crippen molar-refractivity contribution < 1.29 is 9.63 Å². The largest absolute Gasteiger partial charge is 0.396 e. The average molecular weight is 199 g/mol. The summed E-state index contributed by atoms with van der Waals surface area (Å²) in [5.74, 6) is 1.24. The van der Waals surface area contributed by atoms with Crippen LogP contribution in [0, 0.1) is 0 Å². The van der Waals surface area contributed by atoms with Gasteiger partial charge in [0.15, 0.2) is 0 Å². The maximum atomic E-state index is 8.64. The molecule has 0 radical (unpaired) electrons. The van der Waals surface area contributed by atoms with Crippen molar-refractivity contribution in [3.05, 3.63) is 5.89 Å². The highest BCUT2D eigenvalue weighted by Crippen LogP contribution is 2.09. The van der Waals surface area contributed by atoms with Crippen LogP contribution in [-0.2, 0) is 6.42 Å². The fourth-order valence-corrected chi connectivity index (χ4v) is 1.21. The van der Waals surface area contributed by atoms with Gasteiger partial charge in [0.2, 0.25) is 5.89 Å². The van der Waals surface area contributed by atoms with E-state index in [2.05, 4.69) is 10.1 Å². The van der Waals surface area contributed by atoms with Crippen LogP contribution in [0.25, 0.3) is 0 Å². The van der Waals surface area contributed by atoms with E-state index in [-0.39, 0.29) is 6.61 Å². The second-order valence-corrected chi connectivity index (χ2v) is 2.99. The normalized spacial score (nSPS) is 10.5. The summed E-state index contributed by atoms with van der Waals surface area (Å²) in [6.45, 7) is 5.99. The Balaban J connectivity index is 2.57. The molecule has 0 aliphatic rings. The number of hydrogen-bond donors (Lipinski definition) is 1. The number of hydrogen-bond acceptors (Lipinski definition) is 5. The molecule has 80 valence electrons. The van der Waals surface area contributed by atoms with Crippen LogP contribution in [-0.4, -0.2) is 34.9 Å². The lowest BCUT2D eigenvalue weighted by Gasteiger charge is -2.14. The van der Waals surface area contributed by atoms with E-state index in [0.717, 1.165) is 13.1 Å². The lowest BCUT2D eigenvalue weighted by molar-refractivity contribution is 0.278. The molecule has 0 aliphatic carbocycles. The Bertz CT molecular complexity index is 258. The van der Waals surface area contributed by atoms with Crippen LogP contribution in [0.5, 0.6) is 0 Å². The summed E-state index contributed by atoms with van der Waals surface area (Å²) in [6, 6.07) is 0. The van der Waals surface area contributed by atoms with E-state index in [4.69, 9.17) is 9.63 Å². The Morgan fingerprint density at radius 1 is 1.36 bits per heavy atom. The summed E-state index contributed by atoms with van der Waals surface area (Å²) in [7, 11) is 0. The first kappa shape index (κ1) is 11.0. The molecule has 0 amide bonds. The number of rotatable bonds is 6. The molecule has 0 spiro atoms. The third-order valence-electron chi connectivity index (χ3n) is 2.05. The van der Waals surface area contributed by atoms with Gasteiger partial charge >= 0.3 is 0 Å². The Kier molecular flexibility index (Phi) is 4.39. The molecule has 0 aromatic carbocycles. The number of aryl methyl sites for hydroxylation is 1. The van der Waals surface area contributed by atoms with Gasteiger partial charge in [-0.2, -0.15) is 4.98 Å². The van der Waals surface area contributed by atoms with E-state index in [1.165, 1.54) is 0 Å². The zero-order valence-electron chi connectivity index (χ0n) is 8.73. The van der Waals surface area contributed by atoms with Gasteiger partial charge < -0.3 is 14.5 Å². The highest BCUT2D eigenvalue weighted by molar-refractivity contribution is 5.26. The van der Waals surface area contributed by atoms with E-state index >= 15 is 0 Å². The highest BCUT2D eigenvalue weighted by atomic mass is 16.5. The van der Waals surface area contributed by atoms with Gasteiger partial charge in [0.25, 0.3) is 5.95 Å². The van der Waals surface area contributed by atoms with Crippen molar-refractivity contribution in [1.82, 2.24) is 10.1 Å². The first-order valence-corrected chi connectivity index (χ1v) is 5.00. The molecule has 0 fully saturated rings. The second kappa shape index (κ2) is 5.59. The molecule has 0 unspecified atom stereocenters. The summed E-state index contributed by atoms with van der Waals surface area (Å²) in [5, 5.41) is 12.5. The van der Waals surface area contributed by atoms with Gasteiger partial charge in [0.1, 0.15) is 0 Å². The Labute approximate surface area is 83.7 Å². The molecule has 5 heteroatoms. The second-order valence-electron chi connectivity index (χ2n) is 2.99. The average Bonchev–Trinajstić information content (AvgIpc) is 2.65. The van der Waals surface area contributed by atoms with E-state index in [1.807, 2.05) is 18.7 Å². The van der Waals surface area contributed by atoms with Gasteiger partial charge in [0.05, 0.1) is 0 Å². The summed E-state index contributed by atoms with van der Waals surface area (Å²) in [6.07, 6.45) is 1.31. The summed E-state index contributed by atoms with van der Waals surface area (Å²) in [4.78, 5) is 6.25. The van der Waals surface area contributed by atoms with Gasteiger partial charge in [-0.25, -0.2) is 0 Å². The van der Waals surface area contributed by atoms with E-state index in [0.29, 0.717) is 24.7 Å². The van der Waals surface area contributed by atoms with Crippen LogP contribution in [0.2, 0.25) is 0 Å². The molecule has 0 bridgehead atoms. The van der Waals surface area contributed by atoms with E-state index in [1.54, 1.807) is 0 Å². The predicted octanol–water partition coefficient (Wildman–Crippen LogP) is 0.841. The van der Waals surface area contributed by atoms with Gasteiger partial charge in [-0.05, 0) is 25.4 Å². The van der Waals surface area contributed by atoms with Gasteiger partial charge in [-0.3, -0.25) is 0 Å². The van der Waals surface area contributed by atoms with E-state index in [9.17, 15) is 0 Å². The third-order valence-corrected chi connectivity index (χ3v) is 2.05.